The first kappa shape index (κ1) is 20.5. The van der Waals surface area contributed by atoms with E-state index in [9.17, 15) is 4.79 Å². The van der Waals surface area contributed by atoms with Gasteiger partial charge >= 0.3 is 0 Å². The van der Waals surface area contributed by atoms with Crippen molar-refractivity contribution in [1.82, 2.24) is 15.5 Å². The Morgan fingerprint density at radius 3 is 2.64 bits per heavy atom. The van der Waals surface area contributed by atoms with Crippen LogP contribution in [0.1, 0.15) is 38.5 Å². The SMILES string of the molecule is CN=C(NCCN(C)c1ccccc1)NC1CCN(C(=O)C2CCCCC2)C1. The van der Waals surface area contributed by atoms with Crippen molar-refractivity contribution >= 4 is 17.6 Å². The van der Waals surface area contributed by atoms with Crippen LogP contribution in [0.3, 0.4) is 0 Å². The number of guanidine groups is 1. The Morgan fingerprint density at radius 1 is 1.18 bits per heavy atom. The third-order valence-electron chi connectivity index (χ3n) is 5.96. The Balaban J connectivity index is 1.39. The summed E-state index contributed by atoms with van der Waals surface area (Å²) in [6.07, 6.45) is 6.84. The highest BCUT2D eigenvalue weighted by Gasteiger charge is 2.31. The molecule has 3 rings (SSSR count). The van der Waals surface area contributed by atoms with Crippen molar-refractivity contribution < 1.29 is 4.79 Å². The van der Waals surface area contributed by atoms with Crippen LogP contribution < -0.4 is 15.5 Å². The molecule has 2 aliphatic rings. The van der Waals surface area contributed by atoms with Crippen LogP contribution in [0.2, 0.25) is 0 Å². The zero-order valence-corrected chi connectivity index (χ0v) is 17.4. The van der Waals surface area contributed by atoms with Crippen LogP contribution in [0.4, 0.5) is 5.69 Å². The van der Waals surface area contributed by atoms with Crippen molar-refractivity contribution in [1.29, 1.82) is 0 Å². The number of likely N-dealkylation sites (N-methyl/N-ethyl adjacent to an activating group) is 1. The number of para-hydroxylation sites is 1. The van der Waals surface area contributed by atoms with Crippen LogP contribution in [0.25, 0.3) is 0 Å². The second kappa shape index (κ2) is 10.3. The van der Waals surface area contributed by atoms with Gasteiger partial charge in [-0.1, -0.05) is 37.5 Å². The molecular formula is C22H35N5O. The van der Waals surface area contributed by atoms with Crippen molar-refractivity contribution in [3.63, 3.8) is 0 Å². The predicted octanol–water partition coefficient (Wildman–Crippen LogP) is 2.47. The van der Waals surface area contributed by atoms with Crippen LogP contribution in [-0.4, -0.2) is 63.1 Å². The second-order valence-electron chi connectivity index (χ2n) is 8.01. The lowest BCUT2D eigenvalue weighted by Crippen LogP contribution is -2.47. The molecule has 1 unspecified atom stereocenters. The van der Waals surface area contributed by atoms with Gasteiger partial charge in [-0.3, -0.25) is 9.79 Å². The molecule has 1 aromatic rings. The second-order valence-corrected chi connectivity index (χ2v) is 8.01. The Morgan fingerprint density at radius 2 is 1.93 bits per heavy atom. The average molecular weight is 386 g/mol. The monoisotopic (exact) mass is 385 g/mol. The zero-order valence-electron chi connectivity index (χ0n) is 17.4. The van der Waals surface area contributed by atoms with Gasteiger partial charge in [-0.05, 0) is 31.4 Å². The number of aliphatic imine (C=N–C) groups is 1. The quantitative estimate of drug-likeness (QED) is 0.583. The fourth-order valence-corrected chi connectivity index (χ4v) is 4.23. The molecule has 0 spiro atoms. The lowest BCUT2D eigenvalue weighted by atomic mass is 9.88. The number of amides is 1. The molecule has 0 bridgehead atoms. The molecule has 0 radical (unpaired) electrons. The molecule has 6 heteroatoms. The van der Waals surface area contributed by atoms with Crippen molar-refractivity contribution in [3.05, 3.63) is 30.3 Å². The van der Waals surface area contributed by atoms with Crippen LogP contribution in [0, 0.1) is 5.92 Å². The maximum absolute atomic E-state index is 12.7. The van der Waals surface area contributed by atoms with Gasteiger partial charge in [0.25, 0.3) is 0 Å². The lowest BCUT2D eigenvalue weighted by Gasteiger charge is -2.26. The number of rotatable bonds is 6. The Bertz CT molecular complexity index is 642. The number of nitrogens with zero attached hydrogens (tertiary/aromatic N) is 3. The van der Waals surface area contributed by atoms with Crippen molar-refractivity contribution in [3.8, 4) is 0 Å². The van der Waals surface area contributed by atoms with E-state index in [1.165, 1.54) is 24.9 Å². The summed E-state index contributed by atoms with van der Waals surface area (Å²) in [6.45, 7) is 3.35. The number of hydrogen-bond acceptors (Lipinski definition) is 3. The van der Waals surface area contributed by atoms with Gasteiger partial charge in [0.15, 0.2) is 5.96 Å². The number of benzene rings is 1. The minimum Gasteiger partial charge on any atom is -0.373 e. The maximum atomic E-state index is 12.7. The Hall–Kier alpha value is -2.24. The van der Waals surface area contributed by atoms with Crippen LogP contribution >= 0.6 is 0 Å². The van der Waals surface area contributed by atoms with Gasteiger partial charge in [-0.2, -0.15) is 0 Å². The molecule has 1 aliphatic heterocycles. The fraction of sp³-hybridized carbons (Fsp3) is 0.636. The molecule has 28 heavy (non-hydrogen) atoms. The predicted molar refractivity (Wildman–Crippen MR) is 116 cm³/mol. The molecule has 1 saturated carbocycles. The number of nitrogens with one attached hydrogen (secondary N) is 2. The highest BCUT2D eigenvalue weighted by molar-refractivity contribution is 5.81. The number of anilines is 1. The third kappa shape index (κ3) is 5.63. The van der Waals surface area contributed by atoms with Gasteiger partial charge in [0, 0.05) is 57.9 Å². The fourth-order valence-electron chi connectivity index (χ4n) is 4.23. The van der Waals surface area contributed by atoms with E-state index in [0.717, 1.165) is 51.4 Å². The van der Waals surface area contributed by atoms with Gasteiger partial charge in [-0.15, -0.1) is 0 Å². The van der Waals surface area contributed by atoms with E-state index < -0.39 is 0 Å². The molecule has 0 aromatic heterocycles. The highest BCUT2D eigenvalue weighted by Crippen LogP contribution is 2.26. The summed E-state index contributed by atoms with van der Waals surface area (Å²) in [5.74, 6) is 1.45. The molecule has 1 atom stereocenters. The van der Waals surface area contributed by atoms with E-state index in [2.05, 4.69) is 56.7 Å². The first-order valence-corrected chi connectivity index (χ1v) is 10.7. The summed E-state index contributed by atoms with van der Waals surface area (Å²) < 4.78 is 0. The smallest absolute Gasteiger partial charge is 0.225 e. The standard InChI is InChI=1S/C22H35N5O/c1-23-22(24-14-16-26(2)20-11-7-4-8-12-20)25-19-13-15-27(17-19)21(28)18-9-5-3-6-10-18/h4,7-8,11-12,18-19H,3,5-6,9-10,13-17H2,1-2H3,(H2,23,24,25). The van der Waals surface area contributed by atoms with E-state index in [4.69, 9.17) is 0 Å². The molecule has 1 aliphatic carbocycles. The summed E-state index contributed by atoms with van der Waals surface area (Å²) >= 11 is 0. The largest absolute Gasteiger partial charge is 0.373 e. The number of carbonyl (C=O) groups is 1. The average Bonchev–Trinajstić information content (AvgIpc) is 3.22. The normalized spacial score (nSPS) is 20.9. The topological polar surface area (TPSA) is 60.0 Å². The third-order valence-corrected chi connectivity index (χ3v) is 5.96. The lowest BCUT2D eigenvalue weighted by molar-refractivity contribution is -0.135. The summed E-state index contributed by atoms with van der Waals surface area (Å²) in [6, 6.07) is 10.7. The van der Waals surface area contributed by atoms with Gasteiger partial charge < -0.3 is 20.4 Å². The van der Waals surface area contributed by atoms with Crippen molar-refractivity contribution in [2.45, 2.75) is 44.6 Å². The van der Waals surface area contributed by atoms with E-state index in [-0.39, 0.29) is 12.0 Å². The highest BCUT2D eigenvalue weighted by atomic mass is 16.2. The minimum absolute atomic E-state index is 0.262. The molecule has 1 heterocycles. The zero-order chi connectivity index (χ0) is 19.8. The molecule has 1 saturated heterocycles. The van der Waals surface area contributed by atoms with E-state index in [1.54, 1.807) is 7.05 Å². The summed E-state index contributed by atoms with van der Waals surface area (Å²) in [7, 11) is 3.90. The van der Waals surface area contributed by atoms with E-state index in [0.29, 0.717) is 5.91 Å². The molecular weight excluding hydrogens is 350 g/mol. The summed E-state index contributed by atoms with van der Waals surface area (Å²) in [5.41, 5.74) is 1.21. The van der Waals surface area contributed by atoms with Gasteiger partial charge in [0.1, 0.15) is 0 Å². The number of likely N-dealkylation sites (tertiary alicyclic amines) is 1. The molecule has 6 nitrogen and oxygen atoms in total. The van der Waals surface area contributed by atoms with Gasteiger partial charge in [-0.25, -0.2) is 0 Å². The first-order chi connectivity index (χ1) is 13.7. The Labute approximate surface area is 169 Å². The van der Waals surface area contributed by atoms with Crippen LogP contribution in [0.15, 0.2) is 35.3 Å². The number of carbonyl (C=O) groups excluding carboxylic acids is 1. The Kier molecular flexibility index (Phi) is 7.57. The molecule has 154 valence electrons. The molecule has 2 N–H and O–H groups in total. The van der Waals surface area contributed by atoms with Crippen molar-refractivity contribution in [2.24, 2.45) is 10.9 Å². The summed E-state index contributed by atoms with van der Waals surface area (Å²) in [4.78, 5) is 21.4. The van der Waals surface area contributed by atoms with Gasteiger partial charge in [0.2, 0.25) is 5.91 Å². The van der Waals surface area contributed by atoms with Crippen molar-refractivity contribution in [2.75, 3.05) is 45.2 Å². The van der Waals surface area contributed by atoms with Crippen LogP contribution in [0.5, 0.6) is 0 Å². The first-order valence-electron chi connectivity index (χ1n) is 10.7. The minimum atomic E-state index is 0.262. The molecule has 2 fully saturated rings. The van der Waals surface area contributed by atoms with Gasteiger partial charge in [0.05, 0.1) is 0 Å². The molecule has 1 amide bonds. The van der Waals surface area contributed by atoms with Crippen LogP contribution in [-0.2, 0) is 4.79 Å². The summed E-state index contributed by atoms with van der Waals surface area (Å²) in [5, 5.41) is 6.89. The van der Waals surface area contributed by atoms with E-state index >= 15 is 0 Å². The maximum Gasteiger partial charge on any atom is 0.225 e. The number of hydrogen-bond donors (Lipinski definition) is 2. The van der Waals surface area contributed by atoms with E-state index in [1.807, 2.05) is 6.07 Å². The molecule has 1 aromatic carbocycles.